The smallest absolute Gasteiger partial charge is 0.255 e. The van der Waals surface area contributed by atoms with Gasteiger partial charge in [0.05, 0.1) is 13.2 Å². The Balaban J connectivity index is 1.84. The Kier molecular flexibility index (Phi) is 4.55. The SMILES string of the molecule is CCC1C(COc2nccc3cc(C)c(OC)cc23)NC(=O)C1F. The molecule has 2 heterocycles. The Morgan fingerprint density at radius 3 is 2.88 bits per heavy atom. The van der Waals surface area contributed by atoms with Gasteiger partial charge in [0, 0.05) is 17.5 Å². The fourth-order valence-electron chi connectivity index (χ4n) is 3.22. The van der Waals surface area contributed by atoms with Gasteiger partial charge in [-0.05, 0) is 42.5 Å². The number of alkyl halides is 1. The Bertz CT molecular complexity index is 765. The molecule has 1 aliphatic heterocycles. The maximum atomic E-state index is 13.9. The molecule has 3 unspecified atom stereocenters. The minimum absolute atomic E-state index is 0.187. The molecule has 0 spiro atoms. The van der Waals surface area contributed by atoms with Crippen LogP contribution in [0, 0.1) is 12.8 Å². The largest absolute Gasteiger partial charge is 0.496 e. The van der Waals surface area contributed by atoms with Crippen LogP contribution in [0.15, 0.2) is 24.4 Å². The molecule has 1 N–H and O–H groups in total. The number of nitrogens with one attached hydrogen (secondary N) is 1. The van der Waals surface area contributed by atoms with E-state index >= 15 is 0 Å². The molecule has 5 nitrogen and oxygen atoms in total. The second-order valence-electron chi connectivity index (χ2n) is 6.06. The topological polar surface area (TPSA) is 60.5 Å². The Hall–Kier alpha value is -2.37. The Morgan fingerprint density at radius 2 is 2.17 bits per heavy atom. The highest BCUT2D eigenvalue weighted by Crippen LogP contribution is 2.31. The molecule has 128 valence electrons. The third-order valence-corrected chi connectivity index (χ3v) is 4.59. The van der Waals surface area contributed by atoms with Crippen molar-refractivity contribution < 1.29 is 18.7 Å². The number of aryl methyl sites for hydroxylation is 1. The summed E-state index contributed by atoms with van der Waals surface area (Å²) < 4.78 is 25.0. The zero-order valence-corrected chi connectivity index (χ0v) is 14.0. The molecule has 3 rings (SSSR count). The van der Waals surface area contributed by atoms with Crippen molar-refractivity contribution in [1.29, 1.82) is 0 Å². The molecule has 1 saturated heterocycles. The first-order valence-electron chi connectivity index (χ1n) is 8.05. The van der Waals surface area contributed by atoms with Crippen molar-refractivity contribution in [3.63, 3.8) is 0 Å². The number of nitrogens with zero attached hydrogens (tertiary/aromatic N) is 1. The van der Waals surface area contributed by atoms with E-state index in [9.17, 15) is 9.18 Å². The van der Waals surface area contributed by atoms with Crippen LogP contribution in [0.4, 0.5) is 4.39 Å². The van der Waals surface area contributed by atoms with E-state index in [-0.39, 0.29) is 18.6 Å². The number of pyridine rings is 1. The Morgan fingerprint density at radius 1 is 1.38 bits per heavy atom. The van der Waals surface area contributed by atoms with Crippen LogP contribution in [0.5, 0.6) is 11.6 Å². The summed E-state index contributed by atoms with van der Waals surface area (Å²) in [6.45, 7) is 4.03. The highest BCUT2D eigenvalue weighted by molar-refractivity contribution is 5.89. The lowest BCUT2D eigenvalue weighted by atomic mass is 9.97. The van der Waals surface area contributed by atoms with E-state index in [0.29, 0.717) is 12.3 Å². The van der Waals surface area contributed by atoms with Gasteiger partial charge >= 0.3 is 0 Å². The molecular formula is C18H21FN2O3. The van der Waals surface area contributed by atoms with Gasteiger partial charge in [-0.1, -0.05) is 6.92 Å². The summed E-state index contributed by atoms with van der Waals surface area (Å²) in [5.41, 5.74) is 1.02. The van der Waals surface area contributed by atoms with E-state index in [1.807, 2.05) is 32.0 Å². The third-order valence-electron chi connectivity index (χ3n) is 4.59. The van der Waals surface area contributed by atoms with Crippen LogP contribution in [-0.4, -0.2) is 36.8 Å². The molecular weight excluding hydrogens is 311 g/mol. The molecule has 6 heteroatoms. The molecule has 1 fully saturated rings. The summed E-state index contributed by atoms with van der Waals surface area (Å²) in [5, 5.41) is 4.48. The van der Waals surface area contributed by atoms with E-state index in [2.05, 4.69) is 10.3 Å². The summed E-state index contributed by atoms with van der Waals surface area (Å²) in [4.78, 5) is 15.8. The third kappa shape index (κ3) is 2.88. The van der Waals surface area contributed by atoms with Crippen molar-refractivity contribution in [1.82, 2.24) is 10.3 Å². The summed E-state index contributed by atoms with van der Waals surface area (Å²) in [7, 11) is 1.62. The van der Waals surface area contributed by atoms with Crippen LogP contribution in [0.1, 0.15) is 18.9 Å². The van der Waals surface area contributed by atoms with Gasteiger partial charge in [-0.3, -0.25) is 4.79 Å². The number of aromatic nitrogens is 1. The average Bonchev–Trinajstić information content (AvgIpc) is 2.85. The second-order valence-corrected chi connectivity index (χ2v) is 6.06. The highest BCUT2D eigenvalue weighted by atomic mass is 19.1. The van der Waals surface area contributed by atoms with Gasteiger partial charge in [-0.25, -0.2) is 9.37 Å². The number of carbonyl (C=O) groups excluding carboxylic acids is 1. The Labute approximate surface area is 140 Å². The molecule has 0 aliphatic carbocycles. The molecule has 1 amide bonds. The number of methoxy groups -OCH3 is 1. The predicted octanol–water partition coefficient (Wildman–Crippen LogP) is 2.79. The normalized spacial score (nSPS) is 23.3. The van der Waals surface area contributed by atoms with E-state index in [4.69, 9.17) is 9.47 Å². The van der Waals surface area contributed by atoms with Gasteiger partial charge in [0.2, 0.25) is 5.88 Å². The number of carbonyl (C=O) groups is 1. The number of rotatable bonds is 5. The molecule has 0 saturated carbocycles. The van der Waals surface area contributed by atoms with Crippen molar-refractivity contribution in [2.75, 3.05) is 13.7 Å². The maximum Gasteiger partial charge on any atom is 0.255 e. The quantitative estimate of drug-likeness (QED) is 0.915. The minimum atomic E-state index is -1.47. The summed E-state index contributed by atoms with van der Waals surface area (Å²) in [6.07, 6.45) is 0.780. The lowest BCUT2D eigenvalue weighted by Gasteiger charge is -2.19. The van der Waals surface area contributed by atoms with Crippen LogP contribution in [-0.2, 0) is 4.79 Å². The zero-order valence-electron chi connectivity index (χ0n) is 14.0. The molecule has 1 aromatic heterocycles. The van der Waals surface area contributed by atoms with Gasteiger partial charge in [0.25, 0.3) is 5.91 Å². The molecule has 0 bridgehead atoms. The van der Waals surface area contributed by atoms with Gasteiger partial charge in [-0.15, -0.1) is 0 Å². The fourth-order valence-corrected chi connectivity index (χ4v) is 3.22. The summed E-state index contributed by atoms with van der Waals surface area (Å²) >= 11 is 0. The molecule has 3 atom stereocenters. The van der Waals surface area contributed by atoms with Crippen LogP contribution < -0.4 is 14.8 Å². The second kappa shape index (κ2) is 6.63. The summed E-state index contributed by atoms with van der Waals surface area (Å²) in [5.74, 6) is 0.282. The van der Waals surface area contributed by atoms with Crippen LogP contribution in [0.25, 0.3) is 10.8 Å². The van der Waals surface area contributed by atoms with Crippen LogP contribution >= 0.6 is 0 Å². The lowest BCUT2D eigenvalue weighted by Crippen LogP contribution is -2.34. The van der Waals surface area contributed by atoms with Gasteiger partial charge in [0.15, 0.2) is 6.17 Å². The standard InChI is InChI=1S/C18H21FN2O3/c1-4-12-14(21-17(22)16(12)19)9-24-18-13-8-15(23-3)10(2)7-11(13)5-6-20-18/h5-8,12,14,16H,4,9H2,1-3H3,(H,21,22). The first-order valence-corrected chi connectivity index (χ1v) is 8.05. The first-order chi connectivity index (χ1) is 11.5. The number of hydrogen-bond acceptors (Lipinski definition) is 4. The fraction of sp³-hybridized carbons (Fsp3) is 0.444. The number of fused-ring (bicyclic) bond motifs is 1. The van der Waals surface area contributed by atoms with E-state index in [0.717, 1.165) is 22.1 Å². The minimum Gasteiger partial charge on any atom is -0.496 e. The zero-order chi connectivity index (χ0) is 17.3. The molecule has 24 heavy (non-hydrogen) atoms. The van der Waals surface area contributed by atoms with Crippen molar-refractivity contribution in [2.24, 2.45) is 5.92 Å². The van der Waals surface area contributed by atoms with Crippen molar-refractivity contribution >= 4 is 16.7 Å². The number of hydrogen-bond donors (Lipinski definition) is 1. The van der Waals surface area contributed by atoms with Crippen LogP contribution in [0.2, 0.25) is 0 Å². The van der Waals surface area contributed by atoms with Crippen LogP contribution in [0.3, 0.4) is 0 Å². The highest BCUT2D eigenvalue weighted by Gasteiger charge is 2.41. The molecule has 1 aliphatic rings. The monoisotopic (exact) mass is 332 g/mol. The number of ether oxygens (including phenoxy) is 2. The van der Waals surface area contributed by atoms with Gasteiger partial charge in [-0.2, -0.15) is 0 Å². The van der Waals surface area contributed by atoms with Gasteiger partial charge < -0.3 is 14.8 Å². The van der Waals surface area contributed by atoms with E-state index in [1.54, 1.807) is 13.3 Å². The number of halogens is 1. The number of amides is 1. The predicted molar refractivity (Wildman–Crippen MR) is 89.1 cm³/mol. The van der Waals surface area contributed by atoms with E-state index in [1.165, 1.54) is 0 Å². The average molecular weight is 332 g/mol. The summed E-state index contributed by atoms with van der Waals surface area (Å²) in [6, 6.07) is 5.45. The molecule has 1 aromatic carbocycles. The maximum absolute atomic E-state index is 13.9. The first kappa shape index (κ1) is 16.5. The molecule has 0 radical (unpaired) electrons. The van der Waals surface area contributed by atoms with Crippen molar-refractivity contribution in [3.05, 3.63) is 30.0 Å². The van der Waals surface area contributed by atoms with E-state index < -0.39 is 12.1 Å². The lowest BCUT2D eigenvalue weighted by molar-refractivity contribution is -0.123. The van der Waals surface area contributed by atoms with Gasteiger partial charge in [0.1, 0.15) is 12.4 Å². The molecule has 2 aromatic rings. The van der Waals surface area contributed by atoms with Crippen molar-refractivity contribution in [3.8, 4) is 11.6 Å². The van der Waals surface area contributed by atoms with Crippen molar-refractivity contribution in [2.45, 2.75) is 32.5 Å². The number of benzene rings is 1.